The number of hydrogen-bond acceptors (Lipinski definition) is 2. The van der Waals surface area contributed by atoms with Crippen LogP contribution in [0.1, 0.15) is 29.8 Å². The lowest BCUT2D eigenvalue weighted by molar-refractivity contribution is 0.527. The molecule has 2 rings (SSSR count). The van der Waals surface area contributed by atoms with Gasteiger partial charge in [0, 0.05) is 41.5 Å². The monoisotopic (exact) mass is 315 g/mol. The van der Waals surface area contributed by atoms with Crippen molar-refractivity contribution < 1.29 is 4.39 Å². The number of halogens is 3. The van der Waals surface area contributed by atoms with Crippen LogP contribution in [0.2, 0.25) is 10.0 Å². The molecule has 0 spiro atoms. The largest absolute Gasteiger partial charge is 0.306 e. The third-order valence-corrected chi connectivity index (χ3v) is 3.92. The number of hydrogen-bond donors (Lipinski definition) is 1. The van der Waals surface area contributed by atoms with E-state index in [0.29, 0.717) is 17.1 Å². The van der Waals surface area contributed by atoms with E-state index >= 15 is 0 Å². The smallest absolute Gasteiger partial charge is 0.146 e. The van der Waals surface area contributed by atoms with E-state index in [1.165, 1.54) is 6.07 Å². The Bertz CT molecular complexity index is 625. The van der Waals surface area contributed by atoms with Gasteiger partial charge in [-0.1, -0.05) is 23.2 Å². The summed E-state index contributed by atoms with van der Waals surface area (Å²) in [4.78, 5) is 0. The van der Waals surface area contributed by atoms with Crippen molar-refractivity contribution >= 4 is 23.2 Å². The van der Waals surface area contributed by atoms with Gasteiger partial charge in [0.15, 0.2) is 0 Å². The molecule has 0 bridgehead atoms. The van der Waals surface area contributed by atoms with Gasteiger partial charge in [-0.2, -0.15) is 5.10 Å². The zero-order chi connectivity index (χ0) is 14.9. The van der Waals surface area contributed by atoms with E-state index in [0.717, 1.165) is 11.3 Å². The van der Waals surface area contributed by atoms with Crippen LogP contribution in [0.3, 0.4) is 0 Å². The van der Waals surface area contributed by atoms with Crippen LogP contribution in [0.4, 0.5) is 4.39 Å². The van der Waals surface area contributed by atoms with Crippen LogP contribution in [0.15, 0.2) is 18.3 Å². The molecule has 0 amide bonds. The van der Waals surface area contributed by atoms with Gasteiger partial charge >= 0.3 is 0 Å². The van der Waals surface area contributed by atoms with Gasteiger partial charge in [-0.3, -0.25) is 4.68 Å². The Morgan fingerprint density at radius 3 is 2.70 bits per heavy atom. The molecule has 2 aromatic rings. The normalized spacial score (nSPS) is 12.7. The average Bonchev–Trinajstić information content (AvgIpc) is 2.71. The summed E-state index contributed by atoms with van der Waals surface area (Å²) in [7, 11) is 1.89. The maximum absolute atomic E-state index is 14.0. The quantitative estimate of drug-likeness (QED) is 0.863. The fourth-order valence-electron chi connectivity index (χ4n) is 1.98. The second-order valence-electron chi connectivity index (χ2n) is 4.77. The molecule has 0 saturated carbocycles. The summed E-state index contributed by atoms with van der Waals surface area (Å²) in [5.41, 5.74) is 2.62. The molecule has 0 fully saturated rings. The summed E-state index contributed by atoms with van der Waals surface area (Å²) in [5, 5.41) is 7.90. The van der Waals surface area contributed by atoms with Gasteiger partial charge in [0.05, 0.1) is 11.2 Å². The second kappa shape index (κ2) is 6.12. The summed E-state index contributed by atoms with van der Waals surface area (Å²) in [6, 6.07) is 2.79. The molecular formula is C14H16Cl2FN3. The molecule has 0 aliphatic rings. The van der Waals surface area contributed by atoms with Gasteiger partial charge in [-0.25, -0.2) is 4.39 Å². The summed E-state index contributed by atoms with van der Waals surface area (Å²) in [5.74, 6) is -0.432. The maximum Gasteiger partial charge on any atom is 0.146 e. The summed E-state index contributed by atoms with van der Waals surface area (Å²) >= 11 is 11.7. The predicted molar refractivity (Wildman–Crippen MR) is 79.6 cm³/mol. The second-order valence-corrected chi connectivity index (χ2v) is 5.62. The number of benzene rings is 1. The molecule has 0 radical (unpaired) electrons. The first kappa shape index (κ1) is 15.3. The van der Waals surface area contributed by atoms with Crippen molar-refractivity contribution in [2.24, 2.45) is 7.05 Å². The lowest BCUT2D eigenvalue weighted by Gasteiger charge is -2.16. The van der Waals surface area contributed by atoms with Crippen molar-refractivity contribution in [1.29, 1.82) is 0 Å². The Hall–Kier alpha value is -1.10. The Morgan fingerprint density at radius 2 is 2.10 bits per heavy atom. The molecule has 3 nitrogen and oxygen atoms in total. The zero-order valence-corrected chi connectivity index (χ0v) is 13.1. The Kier molecular flexibility index (Phi) is 4.68. The third kappa shape index (κ3) is 3.14. The zero-order valence-electron chi connectivity index (χ0n) is 11.5. The predicted octanol–water partition coefficient (Wildman–Crippen LogP) is 4.03. The third-order valence-electron chi connectivity index (χ3n) is 3.42. The number of nitrogens with zero attached hydrogens (tertiary/aromatic N) is 2. The standard InChI is InChI=1S/C14H16Cl2FN3/c1-8(12-4-11(15)5-13(16)14(12)17)18-6-10-7-19-20(3)9(10)2/h4-5,7-8,18H,6H2,1-3H3. The molecule has 1 aromatic heterocycles. The fourth-order valence-corrected chi connectivity index (χ4v) is 2.49. The van der Waals surface area contributed by atoms with Gasteiger partial charge in [0.1, 0.15) is 5.82 Å². The topological polar surface area (TPSA) is 29.9 Å². The molecule has 1 N–H and O–H groups in total. The summed E-state index contributed by atoms with van der Waals surface area (Å²) in [6.07, 6.45) is 1.80. The minimum atomic E-state index is -0.432. The van der Waals surface area contributed by atoms with Gasteiger partial charge in [-0.15, -0.1) is 0 Å². The van der Waals surface area contributed by atoms with Crippen LogP contribution in [0.25, 0.3) is 0 Å². The highest BCUT2D eigenvalue weighted by atomic mass is 35.5. The minimum absolute atomic E-state index is 0.0405. The first-order valence-electron chi connectivity index (χ1n) is 6.25. The highest BCUT2D eigenvalue weighted by molar-refractivity contribution is 6.34. The molecular weight excluding hydrogens is 300 g/mol. The first-order valence-corrected chi connectivity index (χ1v) is 7.01. The van der Waals surface area contributed by atoms with Crippen molar-refractivity contribution in [2.45, 2.75) is 26.4 Å². The first-order chi connectivity index (χ1) is 9.40. The maximum atomic E-state index is 14.0. The van der Waals surface area contributed by atoms with E-state index in [4.69, 9.17) is 23.2 Å². The number of nitrogens with one attached hydrogen (secondary N) is 1. The summed E-state index contributed by atoms with van der Waals surface area (Å²) in [6.45, 7) is 4.46. The highest BCUT2D eigenvalue weighted by Crippen LogP contribution is 2.28. The molecule has 0 saturated heterocycles. The molecule has 1 heterocycles. The van der Waals surface area contributed by atoms with Crippen molar-refractivity contribution in [3.63, 3.8) is 0 Å². The van der Waals surface area contributed by atoms with Crippen LogP contribution in [-0.4, -0.2) is 9.78 Å². The lowest BCUT2D eigenvalue weighted by atomic mass is 10.1. The fraction of sp³-hybridized carbons (Fsp3) is 0.357. The van der Waals surface area contributed by atoms with Gasteiger partial charge in [0.2, 0.25) is 0 Å². The van der Waals surface area contributed by atoms with Gasteiger partial charge in [-0.05, 0) is 26.0 Å². The van der Waals surface area contributed by atoms with E-state index in [-0.39, 0.29) is 11.1 Å². The van der Waals surface area contributed by atoms with Crippen molar-refractivity contribution in [3.05, 3.63) is 51.0 Å². The van der Waals surface area contributed by atoms with Gasteiger partial charge in [0.25, 0.3) is 0 Å². The van der Waals surface area contributed by atoms with Crippen molar-refractivity contribution in [2.75, 3.05) is 0 Å². The Labute approximate surface area is 127 Å². The lowest BCUT2D eigenvalue weighted by Crippen LogP contribution is -2.19. The van der Waals surface area contributed by atoms with Crippen molar-refractivity contribution in [3.8, 4) is 0 Å². The van der Waals surface area contributed by atoms with Crippen LogP contribution in [0, 0.1) is 12.7 Å². The number of aromatic nitrogens is 2. The SMILES string of the molecule is Cc1c(CNC(C)c2cc(Cl)cc(Cl)c2F)cnn1C. The summed E-state index contributed by atoms with van der Waals surface area (Å²) < 4.78 is 15.8. The molecule has 6 heteroatoms. The van der Waals surface area contributed by atoms with E-state index in [1.807, 2.05) is 20.9 Å². The molecule has 0 aliphatic heterocycles. The Balaban J connectivity index is 2.13. The molecule has 0 aliphatic carbocycles. The number of aryl methyl sites for hydroxylation is 1. The van der Waals surface area contributed by atoms with Crippen molar-refractivity contribution in [1.82, 2.24) is 15.1 Å². The van der Waals surface area contributed by atoms with E-state index < -0.39 is 5.82 Å². The van der Waals surface area contributed by atoms with Crippen LogP contribution in [-0.2, 0) is 13.6 Å². The van der Waals surface area contributed by atoms with Crippen LogP contribution in [0.5, 0.6) is 0 Å². The molecule has 1 aromatic carbocycles. The minimum Gasteiger partial charge on any atom is -0.306 e. The number of rotatable bonds is 4. The Morgan fingerprint density at radius 1 is 1.40 bits per heavy atom. The molecule has 1 atom stereocenters. The van der Waals surface area contributed by atoms with E-state index in [1.54, 1.807) is 16.9 Å². The van der Waals surface area contributed by atoms with E-state index in [2.05, 4.69) is 10.4 Å². The van der Waals surface area contributed by atoms with Crippen LogP contribution < -0.4 is 5.32 Å². The molecule has 20 heavy (non-hydrogen) atoms. The molecule has 1 unspecified atom stereocenters. The average molecular weight is 316 g/mol. The molecule has 108 valence electrons. The van der Waals surface area contributed by atoms with Crippen LogP contribution >= 0.6 is 23.2 Å². The van der Waals surface area contributed by atoms with E-state index in [9.17, 15) is 4.39 Å². The van der Waals surface area contributed by atoms with Gasteiger partial charge < -0.3 is 5.32 Å². The highest BCUT2D eigenvalue weighted by Gasteiger charge is 2.15.